The summed E-state index contributed by atoms with van der Waals surface area (Å²) >= 11 is 3.02. The fourth-order valence-corrected chi connectivity index (χ4v) is 1.77. The van der Waals surface area contributed by atoms with Crippen LogP contribution < -0.4 is 0 Å². The van der Waals surface area contributed by atoms with Crippen LogP contribution in [-0.2, 0) is 11.0 Å². The van der Waals surface area contributed by atoms with Gasteiger partial charge in [-0.3, -0.25) is 0 Å². The summed E-state index contributed by atoms with van der Waals surface area (Å²) < 4.78 is 37.7. The molecule has 0 spiro atoms. The van der Waals surface area contributed by atoms with E-state index in [2.05, 4.69) is 15.9 Å². The SMILES string of the molecule is O=CC(CBr)c1ccccc1C(F)(F)F. The van der Waals surface area contributed by atoms with Crippen LogP contribution in [-0.4, -0.2) is 11.6 Å². The van der Waals surface area contributed by atoms with Crippen molar-refractivity contribution in [2.45, 2.75) is 12.1 Å². The number of halogens is 4. The van der Waals surface area contributed by atoms with Gasteiger partial charge in [0.25, 0.3) is 0 Å². The zero-order chi connectivity index (χ0) is 11.5. The number of rotatable bonds is 3. The predicted molar refractivity (Wildman–Crippen MR) is 54.0 cm³/mol. The van der Waals surface area contributed by atoms with Gasteiger partial charge in [0.2, 0.25) is 0 Å². The molecule has 5 heteroatoms. The van der Waals surface area contributed by atoms with Gasteiger partial charge >= 0.3 is 6.18 Å². The molecule has 0 aliphatic rings. The second kappa shape index (κ2) is 4.79. The van der Waals surface area contributed by atoms with E-state index in [9.17, 15) is 18.0 Å². The lowest BCUT2D eigenvalue weighted by Crippen LogP contribution is -2.13. The Kier molecular flexibility index (Phi) is 3.90. The van der Waals surface area contributed by atoms with Crippen molar-refractivity contribution in [3.8, 4) is 0 Å². The van der Waals surface area contributed by atoms with Gasteiger partial charge < -0.3 is 4.79 Å². The van der Waals surface area contributed by atoms with E-state index in [1.807, 2.05) is 0 Å². The predicted octanol–water partition coefficient (Wildman–Crippen LogP) is 3.38. The van der Waals surface area contributed by atoms with Crippen LogP contribution in [0.15, 0.2) is 24.3 Å². The molecule has 0 aliphatic heterocycles. The fourth-order valence-electron chi connectivity index (χ4n) is 1.27. The van der Waals surface area contributed by atoms with Crippen LogP contribution >= 0.6 is 15.9 Å². The molecule has 1 aromatic carbocycles. The standard InChI is InChI=1S/C10H8BrF3O/c11-5-7(6-15)8-3-1-2-4-9(8)10(12,13)14/h1-4,6-7H,5H2. The fraction of sp³-hybridized carbons (Fsp3) is 0.300. The Bertz CT molecular complexity index is 349. The Hall–Kier alpha value is -0.840. The van der Waals surface area contributed by atoms with Gasteiger partial charge in [0.15, 0.2) is 0 Å². The highest BCUT2D eigenvalue weighted by atomic mass is 79.9. The van der Waals surface area contributed by atoms with Crippen LogP contribution in [0.25, 0.3) is 0 Å². The second-order valence-electron chi connectivity index (χ2n) is 2.98. The summed E-state index contributed by atoms with van der Waals surface area (Å²) in [5.41, 5.74) is -0.738. The van der Waals surface area contributed by atoms with Crippen molar-refractivity contribution in [2.24, 2.45) is 0 Å². The number of hydrogen-bond donors (Lipinski definition) is 0. The van der Waals surface area contributed by atoms with Gasteiger partial charge in [-0.15, -0.1) is 0 Å². The highest BCUT2D eigenvalue weighted by Crippen LogP contribution is 2.34. The third kappa shape index (κ3) is 2.81. The third-order valence-electron chi connectivity index (χ3n) is 2.00. The van der Waals surface area contributed by atoms with Gasteiger partial charge in [-0.2, -0.15) is 13.2 Å². The maximum Gasteiger partial charge on any atom is 0.416 e. The molecule has 0 N–H and O–H groups in total. The summed E-state index contributed by atoms with van der Waals surface area (Å²) in [5.74, 6) is -0.761. The molecule has 0 aromatic heterocycles. The van der Waals surface area contributed by atoms with Gasteiger partial charge in [-0.1, -0.05) is 34.1 Å². The average Bonchev–Trinajstić information content (AvgIpc) is 2.19. The van der Waals surface area contributed by atoms with Crippen molar-refractivity contribution in [3.63, 3.8) is 0 Å². The molecule has 0 saturated carbocycles. The van der Waals surface area contributed by atoms with E-state index >= 15 is 0 Å². The molecule has 15 heavy (non-hydrogen) atoms. The van der Waals surface area contributed by atoms with Crippen molar-refractivity contribution in [3.05, 3.63) is 35.4 Å². The Morgan fingerprint density at radius 2 is 1.93 bits per heavy atom. The molecule has 1 unspecified atom stereocenters. The largest absolute Gasteiger partial charge is 0.416 e. The van der Waals surface area contributed by atoms with Gasteiger partial charge in [0, 0.05) is 11.2 Å². The Balaban J connectivity index is 3.22. The number of hydrogen-bond acceptors (Lipinski definition) is 1. The maximum atomic E-state index is 12.6. The van der Waals surface area contributed by atoms with Crippen LogP contribution in [0.3, 0.4) is 0 Å². The highest BCUT2D eigenvalue weighted by molar-refractivity contribution is 9.09. The lowest BCUT2D eigenvalue weighted by Gasteiger charge is -2.15. The molecule has 82 valence electrons. The van der Waals surface area contributed by atoms with Crippen LogP contribution in [0.1, 0.15) is 17.0 Å². The Morgan fingerprint density at radius 1 is 1.33 bits per heavy atom. The van der Waals surface area contributed by atoms with Crippen molar-refractivity contribution in [1.29, 1.82) is 0 Å². The number of carbonyl (C=O) groups excluding carboxylic acids is 1. The minimum absolute atomic E-state index is 0.0110. The molecule has 1 nitrogen and oxygen atoms in total. The first-order valence-corrected chi connectivity index (χ1v) is 5.30. The van der Waals surface area contributed by atoms with E-state index in [0.29, 0.717) is 6.29 Å². The third-order valence-corrected chi connectivity index (χ3v) is 2.69. The zero-order valence-corrected chi connectivity index (χ0v) is 9.18. The van der Waals surface area contributed by atoms with E-state index in [4.69, 9.17) is 0 Å². The lowest BCUT2D eigenvalue weighted by atomic mass is 9.96. The Labute approximate surface area is 93.4 Å². The van der Waals surface area contributed by atoms with Crippen LogP contribution in [0.5, 0.6) is 0 Å². The summed E-state index contributed by atoms with van der Waals surface area (Å²) in [6, 6.07) is 5.10. The quantitative estimate of drug-likeness (QED) is 0.613. The van der Waals surface area contributed by atoms with Crippen LogP contribution in [0, 0.1) is 0 Å². The van der Waals surface area contributed by atoms with Crippen molar-refractivity contribution in [1.82, 2.24) is 0 Å². The van der Waals surface area contributed by atoms with Gasteiger partial charge in [0.05, 0.1) is 5.56 Å². The van der Waals surface area contributed by atoms with Crippen LogP contribution in [0.2, 0.25) is 0 Å². The molecular formula is C10H8BrF3O. The minimum Gasteiger partial charge on any atom is -0.303 e. The van der Waals surface area contributed by atoms with Crippen molar-refractivity contribution >= 4 is 22.2 Å². The molecule has 0 amide bonds. The highest BCUT2D eigenvalue weighted by Gasteiger charge is 2.34. The molecule has 1 aromatic rings. The molecular weight excluding hydrogens is 273 g/mol. The molecule has 1 atom stereocenters. The van der Waals surface area contributed by atoms with E-state index in [-0.39, 0.29) is 10.9 Å². The van der Waals surface area contributed by atoms with Gasteiger partial charge in [-0.25, -0.2) is 0 Å². The molecule has 1 rings (SSSR count). The molecule has 0 bridgehead atoms. The number of carbonyl (C=O) groups is 1. The summed E-state index contributed by atoms with van der Waals surface area (Å²) in [6.07, 6.45) is -3.90. The first kappa shape index (κ1) is 12.2. The average molecular weight is 281 g/mol. The van der Waals surface area contributed by atoms with E-state index < -0.39 is 17.7 Å². The smallest absolute Gasteiger partial charge is 0.303 e. The molecule has 0 fully saturated rings. The second-order valence-corrected chi connectivity index (χ2v) is 3.63. The number of aldehydes is 1. The monoisotopic (exact) mass is 280 g/mol. The molecule has 0 heterocycles. The summed E-state index contributed by atoms with van der Waals surface area (Å²) in [6.45, 7) is 0. The minimum atomic E-state index is -4.42. The summed E-state index contributed by atoms with van der Waals surface area (Å²) in [7, 11) is 0. The van der Waals surface area contributed by atoms with Crippen molar-refractivity contribution < 1.29 is 18.0 Å². The van der Waals surface area contributed by atoms with Gasteiger partial charge in [-0.05, 0) is 11.6 Å². The number of alkyl halides is 4. The summed E-state index contributed by atoms with van der Waals surface area (Å²) in [4.78, 5) is 10.6. The topological polar surface area (TPSA) is 17.1 Å². The van der Waals surface area contributed by atoms with Crippen molar-refractivity contribution in [2.75, 3.05) is 5.33 Å². The Morgan fingerprint density at radius 3 is 2.40 bits per heavy atom. The number of benzene rings is 1. The van der Waals surface area contributed by atoms with Crippen LogP contribution in [0.4, 0.5) is 13.2 Å². The molecule has 0 saturated heterocycles. The molecule has 0 aliphatic carbocycles. The van der Waals surface area contributed by atoms with E-state index in [1.54, 1.807) is 0 Å². The summed E-state index contributed by atoms with van der Waals surface area (Å²) in [5, 5.41) is 0.184. The maximum absolute atomic E-state index is 12.6. The normalized spacial score (nSPS) is 13.6. The molecule has 0 radical (unpaired) electrons. The lowest BCUT2D eigenvalue weighted by molar-refractivity contribution is -0.138. The van der Waals surface area contributed by atoms with E-state index in [0.717, 1.165) is 6.07 Å². The van der Waals surface area contributed by atoms with E-state index in [1.165, 1.54) is 18.2 Å². The van der Waals surface area contributed by atoms with Gasteiger partial charge in [0.1, 0.15) is 6.29 Å². The first-order valence-electron chi connectivity index (χ1n) is 4.18. The zero-order valence-electron chi connectivity index (χ0n) is 7.59. The first-order chi connectivity index (χ1) is 7.00.